The van der Waals surface area contributed by atoms with Crippen LogP contribution in [-0.2, 0) is 0 Å². The molecule has 0 aromatic rings. The third kappa shape index (κ3) is 11.4. The molecule has 1 atom stereocenters. The molecule has 0 bridgehead atoms. The van der Waals surface area contributed by atoms with E-state index in [1.165, 1.54) is 12.8 Å². The van der Waals surface area contributed by atoms with Gasteiger partial charge in [-0.05, 0) is 18.6 Å². The Labute approximate surface area is 95.6 Å². The number of rotatable bonds is 5. The molecule has 86 valence electrons. The average molecular weight is 224 g/mol. The van der Waals surface area contributed by atoms with Crippen LogP contribution >= 0.6 is 0 Å². The lowest BCUT2D eigenvalue weighted by Gasteiger charge is -2.03. The Kier molecular flexibility index (Phi) is 7.46. The van der Waals surface area contributed by atoms with E-state index in [1.807, 2.05) is 6.08 Å². The Morgan fingerprint density at radius 1 is 1.27 bits per heavy atom. The van der Waals surface area contributed by atoms with Crippen molar-refractivity contribution in [1.82, 2.24) is 0 Å². The lowest BCUT2D eigenvalue weighted by atomic mass is 10.1. The van der Waals surface area contributed by atoms with E-state index in [0.717, 1.165) is 12.8 Å². The van der Waals surface area contributed by atoms with Gasteiger partial charge in [-0.3, -0.25) is 0 Å². The van der Waals surface area contributed by atoms with Crippen molar-refractivity contribution >= 4 is 8.07 Å². The van der Waals surface area contributed by atoms with Crippen molar-refractivity contribution in [3.05, 3.63) is 12.2 Å². The number of hydrogen-bond acceptors (Lipinski definition) is 1. The monoisotopic (exact) mass is 224 g/mol. The van der Waals surface area contributed by atoms with E-state index in [4.69, 9.17) is 0 Å². The summed E-state index contributed by atoms with van der Waals surface area (Å²) in [7, 11) is -1.25. The van der Waals surface area contributed by atoms with E-state index in [0.29, 0.717) is 0 Å². The molecule has 0 saturated heterocycles. The van der Waals surface area contributed by atoms with E-state index < -0.39 is 8.07 Å². The lowest BCUT2D eigenvalue weighted by molar-refractivity contribution is 0.208. The fraction of sp³-hybridized carbons (Fsp3) is 0.692. The zero-order valence-electron chi connectivity index (χ0n) is 10.5. The van der Waals surface area contributed by atoms with Crippen LogP contribution in [0.2, 0.25) is 19.6 Å². The Bertz CT molecular complexity index is 239. The molecule has 0 aromatic carbocycles. The first-order valence-electron chi connectivity index (χ1n) is 5.83. The van der Waals surface area contributed by atoms with Gasteiger partial charge in [-0.25, -0.2) is 0 Å². The van der Waals surface area contributed by atoms with Crippen molar-refractivity contribution in [2.45, 2.75) is 58.4 Å². The highest BCUT2D eigenvalue weighted by Crippen LogP contribution is 2.04. The molecule has 0 aliphatic heterocycles. The number of unbranched alkanes of at least 4 members (excludes halogenated alkanes) is 2. The van der Waals surface area contributed by atoms with Crippen molar-refractivity contribution in [2.24, 2.45) is 0 Å². The highest BCUT2D eigenvalue weighted by molar-refractivity contribution is 6.83. The molecule has 1 nitrogen and oxygen atoms in total. The van der Waals surface area contributed by atoms with Gasteiger partial charge in [-0.15, -0.1) is 5.54 Å². The first-order valence-corrected chi connectivity index (χ1v) is 9.33. The van der Waals surface area contributed by atoms with Crippen LogP contribution in [0.3, 0.4) is 0 Å². The molecule has 15 heavy (non-hydrogen) atoms. The number of allylic oxidation sites excluding steroid dienone is 1. The summed E-state index contributed by atoms with van der Waals surface area (Å²) in [5.41, 5.74) is 3.24. The van der Waals surface area contributed by atoms with Gasteiger partial charge in [-0.1, -0.05) is 51.7 Å². The SMILES string of the molecule is CCCCCC(O)/C=C/C#C[Si](C)(C)C. The van der Waals surface area contributed by atoms with Crippen molar-refractivity contribution in [3.63, 3.8) is 0 Å². The molecule has 0 spiro atoms. The molecule has 1 N–H and O–H groups in total. The molecule has 0 saturated carbocycles. The van der Waals surface area contributed by atoms with Crippen LogP contribution < -0.4 is 0 Å². The zero-order chi connectivity index (χ0) is 11.7. The van der Waals surface area contributed by atoms with Crippen LogP contribution in [0.1, 0.15) is 32.6 Å². The third-order valence-corrected chi connectivity index (χ3v) is 2.85. The molecule has 0 rings (SSSR count). The minimum absolute atomic E-state index is 0.313. The number of aliphatic hydroxyl groups excluding tert-OH is 1. The van der Waals surface area contributed by atoms with Gasteiger partial charge < -0.3 is 5.11 Å². The molecule has 0 amide bonds. The van der Waals surface area contributed by atoms with Gasteiger partial charge in [0.25, 0.3) is 0 Å². The summed E-state index contributed by atoms with van der Waals surface area (Å²) in [6.07, 6.45) is 7.66. The maximum absolute atomic E-state index is 9.56. The molecule has 0 aromatic heterocycles. The quantitative estimate of drug-likeness (QED) is 0.431. The molecule has 0 radical (unpaired) electrons. The number of aliphatic hydroxyl groups is 1. The van der Waals surface area contributed by atoms with Crippen LogP contribution in [0.5, 0.6) is 0 Å². The van der Waals surface area contributed by atoms with Gasteiger partial charge in [-0.2, -0.15) is 0 Å². The average Bonchev–Trinajstić information content (AvgIpc) is 2.11. The smallest absolute Gasteiger partial charge is 0.129 e. The summed E-state index contributed by atoms with van der Waals surface area (Å²) in [4.78, 5) is 0. The van der Waals surface area contributed by atoms with Gasteiger partial charge in [0, 0.05) is 0 Å². The molecular formula is C13H24OSi. The summed E-state index contributed by atoms with van der Waals surface area (Å²) >= 11 is 0. The van der Waals surface area contributed by atoms with E-state index in [2.05, 4.69) is 38.0 Å². The van der Waals surface area contributed by atoms with Gasteiger partial charge in [0.1, 0.15) is 8.07 Å². The van der Waals surface area contributed by atoms with Gasteiger partial charge >= 0.3 is 0 Å². The maximum atomic E-state index is 9.56. The van der Waals surface area contributed by atoms with E-state index in [9.17, 15) is 5.11 Å². The Morgan fingerprint density at radius 3 is 2.47 bits per heavy atom. The lowest BCUT2D eigenvalue weighted by Crippen LogP contribution is -2.16. The Morgan fingerprint density at radius 2 is 1.93 bits per heavy atom. The summed E-state index contributed by atoms with van der Waals surface area (Å²) in [6.45, 7) is 8.81. The standard InChI is InChI=1S/C13H24OSi/c1-5-6-7-10-13(14)11-8-9-12-15(2,3)4/h8,11,13-14H,5-7,10H2,1-4H3/b11-8+. The highest BCUT2D eigenvalue weighted by atomic mass is 28.3. The van der Waals surface area contributed by atoms with E-state index >= 15 is 0 Å². The van der Waals surface area contributed by atoms with E-state index in [-0.39, 0.29) is 6.10 Å². The molecule has 2 heteroatoms. The fourth-order valence-corrected chi connectivity index (χ4v) is 1.63. The second-order valence-electron chi connectivity index (χ2n) is 4.94. The second-order valence-corrected chi connectivity index (χ2v) is 9.69. The molecule has 0 aliphatic rings. The van der Waals surface area contributed by atoms with Gasteiger partial charge in [0.15, 0.2) is 0 Å². The predicted octanol–water partition coefficient (Wildman–Crippen LogP) is 3.36. The summed E-state index contributed by atoms with van der Waals surface area (Å²) < 4.78 is 0. The second kappa shape index (κ2) is 7.73. The topological polar surface area (TPSA) is 20.2 Å². The predicted molar refractivity (Wildman–Crippen MR) is 70.4 cm³/mol. The molecule has 0 aliphatic carbocycles. The van der Waals surface area contributed by atoms with Crippen molar-refractivity contribution < 1.29 is 5.11 Å². The van der Waals surface area contributed by atoms with Crippen LogP contribution in [0.4, 0.5) is 0 Å². The minimum Gasteiger partial charge on any atom is -0.389 e. The summed E-state index contributed by atoms with van der Waals surface area (Å²) in [5.74, 6) is 3.02. The van der Waals surface area contributed by atoms with E-state index in [1.54, 1.807) is 6.08 Å². The molecule has 0 fully saturated rings. The van der Waals surface area contributed by atoms with Crippen molar-refractivity contribution in [3.8, 4) is 11.5 Å². The number of hydrogen-bond donors (Lipinski definition) is 1. The third-order valence-electron chi connectivity index (χ3n) is 1.95. The first-order chi connectivity index (χ1) is 6.95. The van der Waals surface area contributed by atoms with Crippen LogP contribution in [0.15, 0.2) is 12.2 Å². The Hall–Kier alpha value is -0.523. The zero-order valence-corrected chi connectivity index (χ0v) is 11.5. The Balaban J connectivity index is 3.79. The van der Waals surface area contributed by atoms with Gasteiger partial charge in [0.2, 0.25) is 0 Å². The largest absolute Gasteiger partial charge is 0.389 e. The first kappa shape index (κ1) is 14.5. The van der Waals surface area contributed by atoms with Crippen molar-refractivity contribution in [1.29, 1.82) is 0 Å². The summed E-state index contributed by atoms with van der Waals surface area (Å²) in [5, 5.41) is 9.56. The van der Waals surface area contributed by atoms with Gasteiger partial charge in [0.05, 0.1) is 6.10 Å². The molecule has 1 unspecified atom stereocenters. The van der Waals surface area contributed by atoms with Crippen LogP contribution in [-0.4, -0.2) is 19.3 Å². The normalized spacial score (nSPS) is 13.7. The fourth-order valence-electron chi connectivity index (χ4n) is 1.12. The molecule has 0 heterocycles. The van der Waals surface area contributed by atoms with Crippen molar-refractivity contribution in [2.75, 3.05) is 0 Å². The van der Waals surface area contributed by atoms with Crippen LogP contribution in [0, 0.1) is 11.5 Å². The minimum atomic E-state index is -1.25. The summed E-state index contributed by atoms with van der Waals surface area (Å²) in [6, 6.07) is 0. The molecular weight excluding hydrogens is 200 g/mol. The highest BCUT2D eigenvalue weighted by Gasteiger charge is 2.06. The van der Waals surface area contributed by atoms with Crippen LogP contribution in [0.25, 0.3) is 0 Å². The maximum Gasteiger partial charge on any atom is 0.129 e.